The van der Waals surface area contributed by atoms with Crippen molar-refractivity contribution in [3.63, 3.8) is 0 Å². The number of amides is 2. The van der Waals surface area contributed by atoms with Crippen LogP contribution in [0.15, 0.2) is 18.2 Å². The minimum absolute atomic E-state index is 0.124. The van der Waals surface area contributed by atoms with Gasteiger partial charge in [-0.3, -0.25) is 0 Å². The molecule has 0 aromatic heterocycles. The van der Waals surface area contributed by atoms with Crippen LogP contribution >= 0.6 is 0 Å². The van der Waals surface area contributed by atoms with E-state index in [4.69, 9.17) is 9.47 Å². The molecule has 0 saturated carbocycles. The number of nitrogens with one attached hydrogen (secondary N) is 2. The fourth-order valence-corrected chi connectivity index (χ4v) is 3.77. The number of urea groups is 1. The van der Waals surface area contributed by atoms with Gasteiger partial charge in [0.05, 0.1) is 25.5 Å². The first-order chi connectivity index (χ1) is 12.6. The lowest BCUT2D eigenvalue weighted by atomic mass is 9.94. The van der Waals surface area contributed by atoms with Gasteiger partial charge < -0.3 is 19.7 Å². The second-order valence-electron chi connectivity index (χ2n) is 7.66. The van der Waals surface area contributed by atoms with Gasteiger partial charge in [0.1, 0.15) is 11.4 Å². The quantitative estimate of drug-likeness (QED) is 0.804. The van der Waals surface area contributed by atoms with E-state index in [2.05, 4.69) is 23.9 Å². The van der Waals surface area contributed by atoms with Crippen molar-refractivity contribution >= 4 is 21.7 Å². The fourth-order valence-electron chi connectivity index (χ4n) is 3.27. The molecule has 1 unspecified atom stereocenters. The summed E-state index contributed by atoms with van der Waals surface area (Å²) in [6, 6.07) is 5.02. The zero-order chi connectivity index (χ0) is 19.7. The Hall–Kier alpha value is -1.84. The zero-order valence-corrected chi connectivity index (χ0v) is 16.8. The van der Waals surface area contributed by atoms with Gasteiger partial charge in [0.2, 0.25) is 10.0 Å². The lowest BCUT2D eigenvalue weighted by Crippen LogP contribution is -2.54. The zero-order valence-electron chi connectivity index (χ0n) is 15.9. The van der Waals surface area contributed by atoms with E-state index in [0.29, 0.717) is 25.4 Å². The summed E-state index contributed by atoms with van der Waals surface area (Å²) in [6.45, 7) is 5.38. The second-order valence-corrected chi connectivity index (χ2v) is 9.49. The SMILES string of the molecule is CC1(C)CCc2cc(NC(=O)N3CCOCC3CNS(C)(=O)=O)ccc2O1. The van der Waals surface area contributed by atoms with E-state index >= 15 is 0 Å². The Bertz CT molecular complexity index is 809. The number of carbonyl (C=O) groups excluding carboxylic acids is 1. The lowest BCUT2D eigenvalue weighted by Gasteiger charge is -2.35. The Labute approximate surface area is 160 Å². The van der Waals surface area contributed by atoms with Gasteiger partial charge in [0, 0.05) is 18.8 Å². The van der Waals surface area contributed by atoms with Crippen molar-refractivity contribution in [2.24, 2.45) is 0 Å². The Balaban J connectivity index is 1.66. The summed E-state index contributed by atoms with van der Waals surface area (Å²) in [5.41, 5.74) is 1.60. The van der Waals surface area contributed by atoms with E-state index in [0.717, 1.165) is 30.4 Å². The molecule has 0 aliphatic carbocycles. The average molecular weight is 397 g/mol. The molecule has 1 atom stereocenters. The summed E-state index contributed by atoms with van der Waals surface area (Å²) in [5, 5.41) is 2.91. The predicted octanol–water partition coefficient (Wildman–Crippen LogP) is 1.57. The van der Waals surface area contributed by atoms with Crippen molar-refractivity contribution in [3.8, 4) is 5.75 Å². The maximum absolute atomic E-state index is 12.7. The van der Waals surface area contributed by atoms with Crippen LogP contribution < -0.4 is 14.8 Å². The average Bonchev–Trinajstić information content (AvgIpc) is 2.59. The van der Waals surface area contributed by atoms with Crippen molar-refractivity contribution in [3.05, 3.63) is 23.8 Å². The summed E-state index contributed by atoms with van der Waals surface area (Å²) in [6.07, 6.45) is 2.90. The van der Waals surface area contributed by atoms with Crippen LogP contribution in [0.1, 0.15) is 25.8 Å². The number of rotatable bonds is 4. The molecule has 0 spiro atoms. The van der Waals surface area contributed by atoms with Gasteiger partial charge in [0.15, 0.2) is 0 Å². The molecule has 3 rings (SSSR count). The van der Waals surface area contributed by atoms with E-state index in [-0.39, 0.29) is 24.2 Å². The first kappa shape index (κ1) is 19.9. The van der Waals surface area contributed by atoms with Crippen molar-refractivity contribution in [1.29, 1.82) is 0 Å². The van der Waals surface area contributed by atoms with Crippen LogP contribution in [-0.2, 0) is 21.2 Å². The number of hydrogen-bond donors (Lipinski definition) is 2. The highest BCUT2D eigenvalue weighted by molar-refractivity contribution is 7.88. The van der Waals surface area contributed by atoms with Crippen molar-refractivity contribution in [2.75, 3.05) is 37.9 Å². The number of aryl methyl sites for hydroxylation is 1. The Morgan fingerprint density at radius 1 is 1.37 bits per heavy atom. The lowest BCUT2D eigenvalue weighted by molar-refractivity contribution is 0.0176. The Morgan fingerprint density at radius 3 is 2.89 bits per heavy atom. The summed E-state index contributed by atoms with van der Waals surface area (Å²) in [5.74, 6) is 0.853. The molecule has 1 saturated heterocycles. The second kappa shape index (κ2) is 7.65. The number of hydrogen-bond acceptors (Lipinski definition) is 5. The predicted molar refractivity (Wildman–Crippen MR) is 103 cm³/mol. The third-order valence-electron chi connectivity index (χ3n) is 4.76. The van der Waals surface area contributed by atoms with Gasteiger partial charge in [-0.2, -0.15) is 0 Å². The van der Waals surface area contributed by atoms with E-state index in [9.17, 15) is 13.2 Å². The molecule has 2 N–H and O–H groups in total. The Morgan fingerprint density at radius 2 is 2.15 bits per heavy atom. The third kappa shape index (κ3) is 5.33. The summed E-state index contributed by atoms with van der Waals surface area (Å²) in [4.78, 5) is 14.3. The number of benzene rings is 1. The number of sulfonamides is 1. The van der Waals surface area contributed by atoms with E-state index in [1.54, 1.807) is 4.90 Å². The van der Waals surface area contributed by atoms with Crippen LogP contribution in [0.5, 0.6) is 5.75 Å². The highest BCUT2D eigenvalue weighted by atomic mass is 32.2. The molecular weight excluding hydrogens is 370 g/mol. The number of nitrogens with zero attached hydrogens (tertiary/aromatic N) is 1. The van der Waals surface area contributed by atoms with Crippen LogP contribution in [0.2, 0.25) is 0 Å². The van der Waals surface area contributed by atoms with Crippen LogP contribution in [0.25, 0.3) is 0 Å². The van der Waals surface area contributed by atoms with Crippen molar-refractivity contribution in [2.45, 2.75) is 38.3 Å². The molecular formula is C18H27N3O5S. The standard InChI is InChI=1S/C18H27N3O5S/c1-18(2)7-6-13-10-14(4-5-16(13)26-18)20-17(22)21-8-9-25-12-15(21)11-19-27(3,23)24/h4-5,10,15,19H,6-9,11-12H2,1-3H3,(H,20,22). The van der Waals surface area contributed by atoms with Crippen LogP contribution in [0.3, 0.4) is 0 Å². The van der Waals surface area contributed by atoms with Gasteiger partial charge >= 0.3 is 6.03 Å². The van der Waals surface area contributed by atoms with Crippen molar-refractivity contribution < 1.29 is 22.7 Å². The molecule has 1 aromatic carbocycles. The topological polar surface area (TPSA) is 97.0 Å². The molecule has 1 aromatic rings. The van der Waals surface area contributed by atoms with Gasteiger partial charge in [-0.15, -0.1) is 0 Å². The molecule has 0 bridgehead atoms. The molecule has 2 heterocycles. The molecule has 1 fully saturated rings. The molecule has 2 amide bonds. The summed E-state index contributed by atoms with van der Waals surface area (Å²) < 4.78 is 36.5. The van der Waals surface area contributed by atoms with Crippen LogP contribution in [0.4, 0.5) is 10.5 Å². The maximum Gasteiger partial charge on any atom is 0.322 e. The number of morpholine rings is 1. The van der Waals surface area contributed by atoms with Crippen LogP contribution in [0, 0.1) is 0 Å². The van der Waals surface area contributed by atoms with Crippen molar-refractivity contribution in [1.82, 2.24) is 9.62 Å². The minimum Gasteiger partial charge on any atom is -0.488 e. The fraction of sp³-hybridized carbons (Fsp3) is 0.611. The molecule has 0 radical (unpaired) electrons. The van der Waals surface area contributed by atoms with E-state index in [1.165, 1.54) is 0 Å². The molecule has 150 valence electrons. The molecule has 27 heavy (non-hydrogen) atoms. The Kier molecular flexibility index (Phi) is 5.64. The van der Waals surface area contributed by atoms with E-state index in [1.807, 2.05) is 18.2 Å². The highest BCUT2D eigenvalue weighted by Gasteiger charge is 2.29. The first-order valence-corrected chi connectivity index (χ1v) is 10.9. The number of ether oxygens (including phenoxy) is 2. The molecule has 2 aliphatic heterocycles. The van der Waals surface area contributed by atoms with E-state index < -0.39 is 10.0 Å². The summed E-state index contributed by atoms with van der Waals surface area (Å²) in [7, 11) is -3.33. The largest absolute Gasteiger partial charge is 0.488 e. The number of anilines is 1. The van der Waals surface area contributed by atoms with Gasteiger partial charge in [-0.1, -0.05) is 0 Å². The third-order valence-corrected chi connectivity index (χ3v) is 5.45. The minimum atomic E-state index is -3.33. The van der Waals surface area contributed by atoms with Gasteiger partial charge in [0.25, 0.3) is 0 Å². The molecule has 8 nitrogen and oxygen atoms in total. The van der Waals surface area contributed by atoms with Crippen LogP contribution in [-0.4, -0.2) is 63.6 Å². The molecule has 2 aliphatic rings. The summed E-state index contributed by atoms with van der Waals surface area (Å²) >= 11 is 0. The highest BCUT2D eigenvalue weighted by Crippen LogP contribution is 2.34. The molecule has 9 heteroatoms. The van der Waals surface area contributed by atoms with Gasteiger partial charge in [-0.25, -0.2) is 17.9 Å². The number of carbonyl (C=O) groups is 1. The monoisotopic (exact) mass is 397 g/mol. The maximum atomic E-state index is 12.7. The smallest absolute Gasteiger partial charge is 0.322 e. The normalized spacial score (nSPS) is 21.9. The first-order valence-electron chi connectivity index (χ1n) is 9.05. The van der Waals surface area contributed by atoms with Gasteiger partial charge in [-0.05, 0) is 50.5 Å². The number of fused-ring (bicyclic) bond motifs is 1.